The van der Waals surface area contributed by atoms with Crippen LogP contribution in [0.4, 0.5) is 0 Å². The Morgan fingerprint density at radius 3 is 2.44 bits per heavy atom. The number of nitrogens with zero attached hydrogens (tertiary/aromatic N) is 1. The topological polar surface area (TPSA) is 92.8 Å². The van der Waals surface area contributed by atoms with Gasteiger partial charge in [-0.25, -0.2) is 8.42 Å². The van der Waals surface area contributed by atoms with E-state index in [9.17, 15) is 8.42 Å². The van der Waals surface area contributed by atoms with Gasteiger partial charge in [0.2, 0.25) is 0 Å². The first-order valence-corrected chi connectivity index (χ1v) is 6.52. The number of hydrogen-bond donors (Lipinski definition) is 2. The lowest BCUT2D eigenvalue weighted by molar-refractivity contribution is 0.318. The SMILES string of the molecule is Cc1cc(C(N)=NO)cc(Cl)c1S(C)(=O)=O. The van der Waals surface area contributed by atoms with Gasteiger partial charge >= 0.3 is 0 Å². The Hall–Kier alpha value is -1.27. The second-order valence-electron chi connectivity index (χ2n) is 3.36. The molecule has 0 fully saturated rings. The zero-order chi connectivity index (χ0) is 12.5. The van der Waals surface area contributed by atoms with Crippen molar-refractivity contribution in [2.24, 2.45) is 10.9 Å². The maximum Gasteiger partial charge on any atom is 0.177 e. The Morgan fingerprint density at radius 1 is 1.50 bits per heavy atom. The van der Waals surface area contributed by atoms with Crippen molar-refractivity contribution in [2.75, 3.05) is 6.26 Å². The third-order valence-electron chi connectivity index (χ3n) is 2.00. The highest BCUT2D eigenvalue weighted by Crippen LogP contribution is 2.26. The number of halogens is 1. The molecular formula is C9H11ClN2O3S. The molecule has 0 heterocycles. The molecule has 88 valence electrons. The van der Waals surface area contributed by atoms with Crippen molar-refractivity contribution >= 4 is 27.3 Å². The normalized spacial score (nSPS) is 12.8. The summed E-state index contributed by atoms with van der Waals surface area (Å²) in [5, 5.41) is 11.4. The highest BCUT2D eigenvalue weighted by atomic mass is 35.5. The predicted octanol–water partition coefficient (Wildman–Crippen LogP) is 1.15. The number of sulfone groups is 1. The molecule has 16 heavy (non-hydrogen) atoms. The van der Waals surface area contributed by atoms with Crippen molar-refractivity contribution in [1.29, 1.82) is 0 Å². The summed E-state index contributed by atoms with van der Waals surface area (Å²) >= 11 is 5.85. The van der Waals surface area contributed by atoms with Crippen LogP contribution < -0.4 is 5.73 Å². The van der Waals surface area contributed by atoms with Gasteiger partial charge in [0.05, 0.1) is 9.92 Å². The molecule has 0 aliphatic heterocycles. The van der Waals surface area contributed by atoms with Crippen LogP contribution in [0, 0.1) is 6.92 Å². The van der Waals surface area contributed by atoms with Gasteiger partial charge in [0, 0.05) is 11.8 Å². The van der Waals surface area contributed by atoms with Crippen molar-refractivity contribution in [1.82, 2.24) is 0 Å². The van der Waals surface area contributed by atoms with E-state index in [2.05, 4.69) is 5.16 Å². The molecule has 0 bridgehead atoms. The zero-order valence-electron chi connectivity index (χ0n) is 8.73. The maximum atomic E-state index is 11.4. The van der Waals surface area contributed by atoms with Crippen molar-refractivity contribution in [3.63, 3.8) is 0 Å². The van der Waals surface area contributed by atoms with Crippen molar-refractivity contribution in [3.05, 3.63) is 28.3 Å². The van der Waals surface area contributed by atoms with Crippen LogP contribution in [0.2, 0.25) is 5.02 Å². The van der Waals surface area contributed by atoms with Crippen molar-refractivity contribution < 1.29 is 13.6 Å². The zero-order valence-corrected chi connectivity index (χ0v) is 10.3. The Morgan fingerprint density at radius 2 is 2.06 bits per heavy atom. The van der Waals surface area contributed by atoms with Gasteiger partial charge in [0.25, 0.3) is 0 Å². The Bertz CT molecular complexity index is 529. The van der Waals surface area contributed by atoms with Crippen LogP contribution in [0.25, 0.3) is 0 Å². The van der Waals surface area contributed by atoms with E-state index in [4.69, 9.17) is 22.5 Å². The summed E-state index contributed by atoms with van der Waals surface area (Å²) in [4.78, 5) is 0.0589. The van der Waals surface area contributed by atoms with Gasteiger partial charge in [-0.15, -0.1) is 0 Å². The minimum absolute atomic E-state index is 0.0589. The summed E-state index contributed by atoms with van der Waals surface area (Å²) in [5.74, 6) is -0.120. The van der Waals surface area contributed by atoms with Gasteiger partial charge in [0.15, 0.2) is 15.7 Å². The molecular weight excluding hydrogens is 252 g/mol. The molecule has 0 unspecified atom stereocenters. The quantitative estimate of drug-likeness (QED) is 0.362. The second kappa shape index (κ2) is 4.31. The standard InChI is InChI=1S/C9H11ClN2O3S/c1-5-3-6(9(11)12-13)4-7(10)8(5)16(2,14)15/h3-4,13H,1-2H3,(H2,11,12). The predicted molar refractivity (Wildman–Crippen MR) is 61.8 cm³/mol. The van der Waals surface area contributed by atoms with E-state index in [1.165, 1.54) is 12.1 Å². The van der Waals surface area contributed by atoms with Crippen LogP contribution in [-0.2, 0) is 9.84 Å². The minimum atomic E-state index is -3.39. The lowest BCUT2D eigenvalue weighted by Gasteiger charge is -2.08. The van der Waals surface area contributed by atoms with Gasteiger partial charge in [-0.2, -0.15) is 0 Å². The molecule has 0 aliphatic carbocycles. The van der Waals surface area contributed by atoms with Gasteiger partial charge in [-0.3, -0.25) is 0 Å². The molecule has 1 aromatic carbocycles. The van der Waals surface area contributed by atoms with Crippen LogP contribution in [0.15, 0.2) is 22.2 Å². The fourth-order valence-electron chi connectivity index (χ4n) is 1.41. The number of aryl methyl sites for hydroxylation is 1. The molecule has 0 spiro atoms. The molecule has 0 aromatic heterocycles. The number of benzene rings is 1. The van der Waals surface area contributed by atoms with E-state index in [0.29, 0.717) is 11.1 Å². The number of oxime groups is 1. The summed E-state index contributed by atoms with van der Waals surface area (Å²) in [6.07, 6.45) is 1.07. The molecule has 5 nitrogen and oxygen atoms in total. The van der Waals surface area contributed by atoms with Crippen LogP contribution in [0.5, 0.6) is 0 Å². The van der Waals surface area contributed by atoms with Gasteiger partial charge < -0.3 is 10.9 Å². The Kier molecular flexibility index (Phi) is 3.44. The van der Waals surface area contributed by atoms with Crippen LogP contribution in [0.3, 0.4) is 0 Å². The van der Waals surface area contributed by atoms with E-state index >= 15 is 0 Å². The molecule has 1 rings (SSSR count). The highest BCUT2D eigenvalue weighted by molar-refractivity contribution is 7.90. The number of hydrogen-bond acceptors (Lipinski definition) is 4. The van der Waals surface area contributed by atoms with E-state index in [0.717, 1.165) is 6.26 Å². The first-order chi connectivity index (χ1) is 7.27. The Labute approximate surface area is 98.4 Å². The number of amidine groups is 1. The van der Waals surface area contributed by atoms with E-state index < -0.39 is 9.84 Å². The summed E-state index contributed by atoms with van der Waals surface area (Å²) in [5.41, 5.74) is 6.21. The average molecular weight is 263 g/mol. The van der Waals surface area contributed by atoms with Crippen LogP contribution in [-0.4, -0.2) is 25.7 Å². The smallest absolute Gasteiger partial charge is 0.177 e. The van der Waals surface area contributed by atoms with Crippen molar-refractivity contribution in [2.45, 2.75) is 11.8 Å². The maximum absolute atomic E-state index is 11.4. The van der Waals surface area contributed by atoms with E-state index in [1.807, 2.05) is 0 Å². The van der Waals surface area contributed by atoms with Crippen molar-refractivity contribution in [3.8, 4) is 0 Å². The largest absolute Gasteiger partial charge is 0.409 e. The number of nitrogens with two attached hydrogens (primary N) is 1. The molecule has 0 saturated carbocycles. The van der Waals surface area contributed by atoms with Crippen LogP contribution in [0.1, 0.15) is 11.1 Å². The first-order valence-electron chi connectivity index (χ1n) is 4.25. The van der Waals surface area contributed by atoms with Crippen LogP contribution >= 0.6 is 11.6 Å². The summed E-state index contributed by atoms with van der Waals surface area (Å²) in [6.45, 7) is 1.59. The van der Waals surface area contributed by atoms with Gasteiger partial charge in [0.1, 0.15) is 0 Å². The summed E-state index contributed by atoms with van der Waals surface area (Å²) < 4.78 is 22.9. The molecule has 7 heteroatoms. The van der Waals surface area contributed by atoms with Gasteiger partial charge in [-0.1, -0.05) is 16.8 Å². The minimum Gasteiger partial charge on any atom is -0.409 e. The molecule has 0 atom stereocenters. The monoisotopic (exact) mass is 262 g/mol. The molecule has 0 radical (unpaired) electrons. The first kappa shape index (κ1) is 12.8. The van der Waals surface area contributed by atoms with Gasteiger partial charge in [-0.05, 0) is 24.6 Å². The summed E-state index contributed by atoms with van der Waals surface area (Å²) in [6, 6.07) is 2.84. The fraction of sp³-hybridized carbons (Fsp3) is 0.222. The number of rotatable bonds is 2. The second-order valence-corrected chi connectivity index (χ2v) is 5.72. The molecule has 3 N–H and O–H groups in total. The Balaban J connectivity index is 3.52. The summed E-state index contributed by atoms with van der Waals surface area (Å²) in [7, 11) is -3.39. The molecule has 1 aromatic rings. The fourth-order valence-corrected chi connectivity index (χ4v) is 3.15. The van der Waals surface area contributed by atoms with E-state index in [-0.39, 0.29) is 15.8 Å². The molecule has 0 saturated heterocycles. The average Bonchev–Trinajstić information content (AvgIpc) is 2.13. The van der Waals surface area contributed by atoms with E-state index in [1.54, 1.807) is 6.92 Å². The lowest BCUT2D eigenvalue weighted by atomic mass is 10.1. The molecule has 0 amide bonds. The third-order valence-corrected chi connectivity index (χ3v) is 3.70. The molecule has 0 aliphatic rings. The third kappa shape index (κ3) is 2.45. The highest BCUT2D eigenvalue weighted by Gasteiger charge is 2.17. The lowest BCUT2D eigenvalue weighted by Crippen LogP contribution is -2.14.